The van der Waals surface area contributed by atoms with Crippen molar-refractivity contribution >= 4 is 35.2 Å². The molecule has 0 spiro atoms. The number of aromatic nitrogens is 1. The van der Waals surface area contributed by atoms with Gasteiger partial charge in [-0.3, -0.25) is 4.79 Å². The topological polar surface area (TPSA) is 84.1 Å². The van der Waals surface area contributed by atoms with E-state index in [0.29, 0.717) is 22.9 Å². The highest BCUT2D eigenvalue weighted by molar-refractivity contribution is 6.31. The van der Waals surface area contributed by atoms with Gasteiger partial charge in [0.05, 0.1) is 12.2 Å². The van der Waals surface area contributed by atoms with Gasteiger partial charge in [-0.2, -0.15) is 5.26 Å². The third-order valence-electron chi connectivity index (χ3n) is 5.31. The maximum atomic E-state index is 12.6. The molecule has 1 aromatic heterocycles. The predicted octanol–water partition coefficient (Wildman–Crippen LogP) is 6.25. The standard InChI is InChI=1S/C27H26ClN3O3/c1-4-5-13-34-27(33)20-9-11-25(12-10-20)31-18(2)14-21(19(31)3)15-22(17-29)26(32)30-24-8-6-7-23(28)16-24/h6-12,14-16H,4-5,13H2,1-3H3,(H,30,32)/b22-15+. The molecule has 0 saturated carbocycles. The minimum atomic E-state index is -0.513. The zero-order valence-electron chi connectivity index (χ0n) is 19.4. The van der Waals surface area contributed by atoms with E-state index in [9.17, 15) is 14.9 Å². The molecule has 6 nitrogen and oxygen atoms in total. The number of aryl methyl sites for hydroxylation is 1. The Bertz CT molecular complexity index is 1270. The zero-order valence-corrected chi connectivity index (χ0v) is 20.1. The van der Waals surface area contributed by atoms with Crippen molar-refractivity contribution in [3.8, 4) is 11.8 Å². The number of esters is 1. The number of nitriles is 1. The van der Waals surface area contributed by atoms with Gasteiger partial charge in [-0.05, 0) is 80.4 Å². The van der Waals surface area contributed by atoms with E-state index in [1.54, 1.807) is 42.5 Å². The lowest BCUT2D eigenvalue weighted by atomic mass is 10.1. The summed E-state index contributed by atoms with van der Waals surface area (Å²) in [6.07, 6.45) is 3.37. The second kappa shape index (κ2) is 11.4. The van der Waals surface area contributed by atoms with E-state index in [4.69, 9.17) is 16.3 Å². The first-order chi connectivity index (χ1) is 16.3. The number of unbranched alkanes of at least 4 members (excludes halogenated alkanes) is 1. The number of hydrogen-bond donors (Lipinski definition) is 1. The number of amides is 1. The average Bonchev–Trinajstić information content (AvgIpc) is 3.10. The van der Waals surface area contributed by atoms with E-state index in [1.807, 2.05) is 49.6 Å². The Hall–Kier alpha value is -3.82. The van der Waals surface area contributed by atoms with Crippen molar-refractivity contribution in [2.75, 3.05) is 11.9 Å². The van der Waals surface area contributed by atoms with E-state index in [1.165, 1.54) is 0 Å². The molecule has 0 saturated heterocycles. The summed E-state index contributed by atoms with van der Waals surface area (Å²) < 4.78 is 7.27. The van der Waals surface area contributed by atoms with Crippen LogP contribution in [0.5, 0.6) is 0 Å². The SMILES string of the molecule is CCCCOC(=O)c1ccc(-n2c(C)cc(/C=C(\C#N)C(=O)Nc3cccc(Cl)c3)c2C)cc1. The van der Waals surface area contributed by atoms with Gasteiger partial charge < -0.3 is 14.6 Å². The number of nitrogens with zero attached hydrogens (tertiary/aromatic N) is 2. The lowest BCUT2D eigenvalue weighted by Crippen LogP contribution is -2.13. The summed E-state index contributed by atoms with van der Waals surface area (Å²) in [6.45, 7) is 6.30. The van der Waals surface area contributed by atoms with Crippen molar-refractivity contribution in [1.29, 1.82) is 5.26 Å². The van der Waals surface area contributed by atoms with Crippen molar-refractivity contribution < 1.29 is 14.3 Å². The van der Waals surface area contributed by atoms with E-state index >= 15 is 0 Å². The molecule has 0 aliphatic carbocycles. The van der Waals surface area contributed by atoms with Crippen LogP contribution in [0, 0.1) is 25.2 Å². The molecule has 2 aromatic carbocycles. The number of carbonyl (C=O) groups excluding carboxylic acids is 2. The molecule has 0 unspecified atom stereocenters. The summed E-state index contributed by atoms with van der Waals surface area (Å²) in [4.78, 5) is 24.8. The Morgan fingerprint density at radius 3 is 2.53 bits per heavy atom. The van der Waals surface area contributed by atoms with Gasteiger partial charge >= 0.3 is 5.97 Å². The van der Waals surface area contributed by atoms with Crippen LogP contribution in [0.4, 0.5) is 5.69 Å². The van der Waals surface area contributed by atoms with Gasteiger partial charge in [0.1, 0.15) is 11.6 Å². The minimum Gasteiger partial charge on any atom is -0.462 e. The largest absolute Gasteiger partial charge is 0.462 e. The molecule has 0 atom stereocenters. The van der Waals surface area contributed by atoms with Crippen LogP contribution in [0.2, 0.25) is 5.02 Å². The molecule has 3 rings (SSSR count). The molecule has 7 heteroatoms. The van der Waals surface area contributed by atoms with Crippen LogP contribution < -0.4 is 5.32 Å². The first-order valence-electron chi connectivity index (χ1n) is 11.0. The quantitative estimate of drug-likeness (QED) is 0.180. The van der Waals surface area contributed by atoms with E-state index in [2.05, 4.69) is 5.32 Å². The smallest absolute Gasteiger partial charge is 0.338 e. The van der Waals surface area contributed by atoms with Crippen molar-refractivity contribution in [1.82, 2.24) is 4.57 Å². The predicted molar refractivity (Wildman–Crippen MR) is 134 cm³/mol. The summed E-state index contributed by atoms with van der Waals surface area (Å²) in [7, 11) is 0. The second-order valence-electron chi connectivity index (χ2n) is 7.83. The molecule has 1 heterocycles. The van der Waals surface area contributed by atoms with E-state index < -0.39 is 5.91 Å². The summed E-state index contributed by atoms with van der Waals surface area (Å²) in [6, 6.07) is 17.8. The van der Waals surface area contributed by atoms with Gasteiger partial charge in [-0.15, -0.1) is 0 Å². The lowest BCUT2D eigenvalue weighted by Gasteiger charge is -2.11. The number of nitrogens with one attached hydrogen (secondary N) is 1. The summed E-state index contributed by atoms with van der Waals surface area (Å²) >= 11 is 5.97. The molecule has 0 fully saturated rings. The number of carbonyl (C=O) groups is 2. The first kappa shape index (κ1) is 24.8. The highest BCUT2D eigenvalue weighted by atomic mass is 35.5. The monoisotopic (exact) mass is 475 g/mol. The molecule has 0 aliphatic rings. The number of ether oxygens (including phenoxy) is 1. The van der Waals surface area contributed by atoms with Crippen LogP contribution in [0.1, 0.15) is 47.1 Å². The van der Waals surface area contributed by atoms with Crippen LogP contribution in [-0.2, 0) is 9.53 Å². The molecular formula is C27H26ClN3O3. The molecule has 174 valence electrons. The van der Waals surface area contributed by atoms with E-state index in [-0.39, 0.29) is 11.5 Å². The Balaban J connectivity index is 1.82. The van der Waals surface area contributed by atoms with Crippen LogP contribution in [0.25, 0.3) is 11.8 Å². The Kier molecular flexibility index (Phi) is 8.29. The highest BCUT2D eigenvalue weighted by Crippen LogP contribution is 2.24. The zero-order chi connectivity index (χ0) is 24.7. The van der Waals surface area contributed by atoms with Crippen molar-refractivity contribution in [2.45, 2.75) is 33.6 Å². The molecule has 1 N–H and O–H groups in total. The summed E-state index contributed by atoms with van der Waals surface area (Å²) in [5.74, 6) is -0.852. The van der Waals surface area contributed by atoms with Gasteiger partial charge in [-0.25, -0.2) is 4.79 Å². The Labute approximate surface area is 204 Å². The first-order valence-corrected chi connectivity index (χ1v) is 11.4. The molecule has 0 bridgehead atoms. The fourth-order valence-corrected chi connectivity index (χ4v) is 3.73. The number of halogens is 1. The van der Waals surface area contributed by atoms with E-state index in [0.717, 1.165) is 35.5 Å². The molecular weight excluding hydrogens is 450 g/mol. The highest BCUT2D eigenvalue weighted by Gasteiger charge is 2.15. The molecule has 3 aromatic rings. The fraction of sp³-hybridized carbons (Fsp3) is 0.222. The maximum absolute atomic E-state index is 12.6. The third kappa shape index (κ3) is 5.94. The maximum Gasteiger partial charge on any atom is 0.338 e. The Morgan fingerprint density at radius 2 is 1.88 bits per heavy atom. The lowest BCUT2D eigenvalue weighted by molar-refractivity contribution is -0.112. The Morgan fingerprint density at radius 1 is 1.15 bits per heavy atom. The molecule has 0 radical (unpaired) electrons. The average molecular weight is 476 g/mol. The number of benzene rings is 2. The normalized spacial score (nSPS) is 11.1. The van der Waals surface area contributed by atoms with Gasteiger partial charge in [0, 0.05) is 27.8 Å². The van der Waals surface area contributed by atoms with Crippen LogP contribution >= 0.6 is 11.6 Å². The minimum absolute atomic E-state index is 0.0228. The second-order valence-corrected chi connectivity index (χ2v) is 8.27. The van der Waals surface area contributed by atoms with Crippen LogP contribution in [-0.4, -0.2) is 23.1 Å². The molecule has 34 heavy (non-hydrogen) atoms. The van der Waals surface area contributed by atoms with Crippen LogP contribution in [0.15, 0.2) is 60.2 Å². The van der Waals surface area contributed by atoms with Gasteiger partial charge in [0.25, 0.3) is 5.91 Å². The third-order valence-corrected chi connectivity index (χ3v) is 5.55. The van der Waals surface area contributed by atoms with Gasteiger partial charge in [-0.1, -0.05) is 31.0 Å². The van der Waals surface area contributed by atoms with Crippen molar-refractivity contribution in [2.24, 2.45) is 0 Å². The summed E-state index contributed by atoms with van der Waals surface area (Å²) in [5.41, 5.74) is 4.38. The number of anilines is 1. The summed E-state index contributed by atoms with van der Waals surface area (Å²) in [5, 5.41) is 12.8. The number of rotatable bonds is 8. The van der Waals surface area contributed by atoms with Crippen molar-refractivity contribution in [3.05, 3.63) is 87.7 Å². The fourth-order valence-electron chi connectivity index (χ4n) is 3.54. The number of hydrogen-bond acceptors (Lipinski definition) is 4. The van der Waals surface area contributed by atoms with Gasteiger partial charge in [0.2, 0.25) is 0 Å². The van der Waals surface area contributed by atoms with Gasteiger partial charge in [0.15, 0.2) is 0 Å². The molecule has 0 aliphatic heterocycles. The molecule has 1 amide bonds. The van der Waals surface area contributed by atoms with Crippen molar-refractivity contribution in [3.63, 3.8) is 0 Å². The van der Waals surface area contributed by atoms with Crippen LogP contribution in [0.3, 0.4) is 0 Å².